The van der Waals surface area contributed by atoms with Crippen LogP contribution in [0.2, 0.25) is 0 Å². The number of aryl methyl sites for hydroxylation is 2. The smallest absolute Gasteiger partial charge is 0.121 e. The Balaban J connectivity index is 2.46. The van der Waals surface area contributed by atoms with E-state index >= 15 is 0 Å². The molecule has 0 spiro atoms. The van der Waals surface area contributed by atoms with E-state index in [1.807, 2.05) is 38.1 Å². The first-order valence-electron chi connectivity index (χ1n) is 5.56. The second-order valence-electron chi connectivity index (χ2n) is 4.19. The van der Waals surface area contributed by atoms with Gasteiger partial charge in [0.2, 0.25) is 0 Å². The van der Waals surface area contributed by atoms with E-state index in [0.717, 1.165) is 28.0 Å². The Morgan fingerprint density at radius 1 is 0.882 bits per heavy atom. The number of phenolic OH excluding ortho intramolecular Hbond substituents is 1. The predicted octanol–water partition coefficient (Wildman–Crippen LogP) is 3.68. The highest BCUT2D eigenvalue weighted by molar-refractivity contribution is 5.67. The molecule has 0 saturated carbocycles. The molecule has 0 fully saturated rings. The number of aromatic hydroxyl groups is 1. The van der Waals surface area contributed by atoms with Crippen molar-refractivity contribution >= 4 is 0 Å². The fourth-order valence-corrected chi connectivity index (χ4v) is 1.89. The Morgan fingerprint density at radius 3 is 2.00 bits per heavy atom. The number of hydrogen-bond acceptors (Lipinski definition) is 2. The Morgan fingerprint density at radius 2 is 1.47 bits per heavy atom. The van der Waals surface area contributed by atoms with Crippen molar-refractivity contribution in [2.45, 2.75) is 13.8 Å². The van der Waals surface area contributed by atoms with Crippen LogP contribution >= 0.6 is 0 Å². The minimum absolute atomic E-state index is 0.332. The van der Waals surface area contributed by atoms with E-state index in [2.05, 4.69) is 6.07 Å². The summed E-state index contributed by atoms with van der Waals surface area (Å²) in [5.41, 5.74) is 4.23. The second kappa shape index (κ2) is 4.50. The zero-order chi connectivity index (χ0) is 12.4. The number of benzene rings is 2. The molecule has 17 heavy (non-hydrogen) atoms. The van der Waals surface area contributed by atoms with E-state index < -0.39 is 0 Å². The van der Waals surface area contributed by atoms with Gasteiger partial charge in [0.05, 0.1) is 7.11 Å². The Labute approximate surface area is 101 Å². The molecular formula is C15H16O2. The molecule has 2 heteroatoms. The van der Waals surface area contributed by atoms with Gasteiger partial charge >= 0.3 is 0 Å². The summed E-state index contributed by atoms with van der Waals surface area (Å²) in [5.74, 6) is 1.23. The van der Waals surface area contributed by atoms with E-state index in [1.54, 1.807) is 13.2 Å². The Kier molecular flexibility index (Phi) is 3.05. The zero-order valence-corrected chi connectivity index (χ0v) is 10.3. The molecule has 2 aromatic carbocycles. The maximum absolute atomic E-state index is 9.51. The summed E-state index contributed by atoms with van der Waals surface area (Å²) in [6.45, 7) is 3.92. The topological polar surface area (TPSA) is 29.5 Å². The minimum Gasteiger partial charge on any atom is -0.508 e. The minimum atomic E-state index is 0.332. The van der Waals surface area contributed by atoms with Crippen molar-refractivity contribution in [2.24, 2.45) is 0 Å². The molecule has 0 unspecified atom stereocenters. The third kappa shape index (κ3) is 2.26. The molecule has 0 amide bonds. The van der Waals surface area contributed by atoms with Crippen molar-refractivity contribution in [3.63, 3.8) is 0 Å². The third-order valence-corrected chi connectivity index (χ3v) is 2.92. The molecule has 2 nitrogen and oxygen atoms in total. The zero-order valence-electron chi connectivity index (χ0n) is 10.3. The number of methoxy groups -OCH3 is 1. The van der Waals surface area contributed by atoms with Gasteiger partial charge in [-0.25, -0.2) is 0 Å². The molecule has 2 rings (SSSR count). The van der Waals surface area contributed by atoms with Crippen LogP contribution in [0.1, 0.15) is 11.1 Å². The molecule has 0 aliphatic rings. The molecule has 0 atom stereocenters. The third-order valence-electron chi connectivity index (χ3n) is 2.92. The summed E-state index contributed by atoms with van der Waals surface area (Å²) < 4.78 is 5.24. The maximum atomic E-state index is 9.51. The van der Waals surface area contributed by atoms with Crippen LogP contribution in [0.5, 0.6) is 11.5 Å². The van der Waals surface area contributed by atoms with Gasteiger partial charge in [0.1, 0.15) is 11.5 Å². The summed E-state index contributed by atoms with van der Waals surface area (Å²) >= 11 is 0. The molecule has 0 aliphatic heterocycles. The van der Waals surface area contributed by atoms with Crippen molar-refractivity contribution in [1.82, 2.24) is 0 Å². The van der Waals surface area contributed by atoms with E-state index in [9.17, 15) is 5.11 Å². The summed E-state index contributed by atoms with van der Waals surface area (Å²) in [7, 11) is 1.67. The lowest BCUT2D eigenvalue weighted by Gasteiger charge is -2.08. The quantitative estimate of drug-likeness (QED) is 0.849. The van der Waals surface area contributed by atoms with E-state index in [0.29, 0.717) is 5.75 Å². The fraction of sp³-hybridized carbons (Fsp3) is 0.200. The lowest BCUT2D eigenvalue weighted by molar-refractivity contribution is 0.412. The van der Waals surface area contributed by atoms with Gasteiger partial charge in [0, 0.05) is 0 Å². The molecule has 1 N–H and O–H groups in total. The first-order chi connectivity index (χ1) is 8.11. The molecule has 0 aromatic heterocycles. The normalized spacial score (nSPS) is 10.3. The van der Waals surface area contributed by atoms with Gasteiger partial charge in [0.15, 0.2) is 0 Å². The first kappa shape index (κ1) is 11.5. The van der Waals surface area contributed by atoms with Crippen molar-refractivity contribution in [1.29, 1.82) is 0 Å². The van der Waals surface area contributed by atoms with Crippen LogP contribution in [0.3, 0.4) is 0 Å². The van der Waals surface area contributed by atoms with Crippen LogP contribution in [-0.2, 0) is 0 Å². The van der Waals surface area contributed by atoms with Gasteiger partial charge in [-0.3, -0.25) is 0 Å². The van der Waals surface area contributed by atoms with Crippen LogP contribution in [-0.4, -0.2) is 12.2 Å². The van der Waals surface area contributed by atoms with Gasteiger partial charge in [0.25, 0.3) is 0 Å². The van der Waals surface area contributed by atoms with Gasteiger partial charge in [-0.2, -0.15) is 0 Å². The lowest BCUT2D eigenvalue weighted by atomic mass is 10.0. The molecule has 0 radical (unpaired) electrons. The number of phenols is 1. The molecular weight excluding hydrogens is 212 g/mol. The van der Waals surface area contributed by atoms with Crippen molar-refractivity contribution < 1.29 is 9.84 Å². The van der Waals surface area contributed by atoms with Gasteiger partial charge in [-0.15, -0.1) is 0 Å². The number of hydrogen-bond donors (Lipinski definition) is 1. The van der Waals surface area contributed by atoms with Gasteiger partial charge < -0.3 is 9.84 Å². The van der Waals surface area contributed by atoms with E-state index in [1.165, 1.54) is 0 Å². The van der Waals surface area contributed by atoms with Crippen LogP contribution in [0, 0.1) is 13.8 Å². The highest BCUT2D eigenvalue weighted by Crippen LogP contribution is 2.28. The Bertz CT molecular complexity index is 545. The molecule has 0 heterocycles. The molecule has 0 bridgehead atoms. The van der Waals surface area contributed by atoms with Gasteiger partial charge in [-0.1, -0.05) is 12.1 Å². The SMILES string of the molecule is COc1ccc(-c2ccc(O)c(C)c2)cc1C. The highest BCUT2D eigenvalue weighted by Gasteiger charge is 2.04. The molecule has 88 valence electrons. The summed E-state index contributed by atoms with van der Waals surface area (Å²) in [4.78, 5) is 0. The molecule has 2 aromatic rings. The summed E-state index contributed by atoms with van der Waals surface area (Å²) in [5, 5.41) is 9.51. The van der Waals surface area contributed by atoms with Crippen molar-refractivity contribution in [3.05, 3.63) is 47.5 Å². The summed E-state index contributed by atoms with van der Waals surface area (Å²) in [6, 6.07) is 11.7. The monoisotopic (exact) mass is 228 g/mol. The van der Waals surface area contributed by atoms with Gasteiger partial charge in [-0.05, 0) is 60.4 Å². The van der Waals surface area contributed by atoms with E-state index in [4.69, 9.17) is 4.74 Å². The standard InChI is InChI=1S/C15H16O2/c1-10-8-12(4-6-14(10)16)13-5-7-15(17-3)11(2)9-13/h4-9,16H,1-3H3. The number of rotatable bonds is 2. The van der Waals surface area contributed by atoms with Crippen LogP contribution < -0.4 is 4.74 Å². The van der Waals surface area contributed by atoms with Crippen molar-refractivity contribution in [3.8, 4) is 22.6 Å². The number of ether oxygens (including phenoxy) is 1. The largest absolute Gasteiger partial charge is 0.508 e. The van der Waals surface area contributed by atoms with E-state index in [-0.39, 0.29) is 0 Å². The lowest BCUT2D eigenvalue weighted by Crippen LogP contribution is -1.88. The molecule has 0 aliphatic carbocycles. The average molecular weight is 228 g/mol. The van der Waals surface area contributed by atoms with Crippen molar-refractivity contribution in [2.75, 3.05) is 7.11 Å². The van der Waals surface area contributed by atoms with Crippen LogP contribution in [0.15, 0.2) is 36.4 Å². The Hall–Kier alpha value is -1.96. The fourth-order valence-electron chi connectivity index (χ4n) is 1.89. The highest BCUT2D eigenvalue weighted by atomic mass is 16.5. The summed E-state index contributed by atoms with van der Waals surface area (Å²) in [6.07, 6.45) is 0. The average Bonchev–Trinajstić information content (AvgIpc) is 2.32. The predicted molar refractivity (Wildman–Crippen MR) is 69.6 cm³/mol. The van der Waals surface area contributed by atoms with Crippen LogP contribution in [0.25, 0.3) is 11.1 Å². The first-order valence-corrected chi connectivity index (χ1v) is 5.56. The maximum Gasteiger partial charge on any atom is 0.121 e. The molecule has 0 saturated heterocycles. The van der Waals surface area contributed by atoms with Crippen LogP contribution in [0.4, 0.5) is 0 Å². The second-order valence-corrected chi connectivity index (χ2v) is 4.19.